The highest BCUT2D eigenvalue weighted by molar-refractivity contribution is 9.10. The van der Waals surface area contributed by atoms with Crippen LogP contribution in [0.1, 0.15) is 24.8 Å². The molecule has 0 radical (unpaired) electrons. The summed E-state index contributed by atoms with van der Waals surface area (Å²) < 4.78 is 64.7. The van der Waals surface area contributed by atoms with Crippen LogP contribution in [0.25, 0.3) is 0 Å². The van der Waals surface area contributed by atoms with Crippen molar-refractivity contribution < 1.29 is 30.6 Å². The van der Waals surface area contributed by atoms with E-state index in [-0.39, 0.29) is 31.3 Å². The van der Waals surface area contributed by atoms with Gasteiger partial charge in [-0.3, -0.25) is 4.79 Å². The maximum absolute atomic E-state index is 12.5. The van der Waals surface area contributed by atoms with Gasteiger partial charge in [-0.2, -0.15) is 21.6 Å². The predicted octanol–water partition coefficient (Wildman–Crippen LogP) is 3.86. The molecule has 4 nitrogen and oxygen atoms in total. The number of benzene rings is 1. The van der Waals surface area contributed by atoms with E-state index in [9.17, 15) is 26.4 Å². The molecule has 126 valence electrons. The second kappa shape index (κ2) is 6.64. The van der Waals surface area contributed by atoms with E-state index < -0.39 is 27.2 Å². The van der Waals surface area contributed by atoms with Crippen LogP contribution in [-0.2, 0) is 25.5 Å². The number of ketones is 1. The van der Waals surface area contributed by atoms with Gasteiger partial charge >= 0.3 is 15.6 Å². The van der Waals surface area contributed by atoms with Gasteiger partial charge in [0.1, 0.15) is 5.76 Å². The van der Waals surface area contributed by atoms with E-state index in [1.807, 2.05) is 0 Å². The summed E-state index contributed by atoms with van der Waals surface area (Å²) in [6.07, 6.45) is 0.378. The number of carbonyl (C=O) groups is 1. The van der Waals surface area contributed by atoms with Crippen LogP contribution < -0.4 is 0 Å². The van der Waals surface area contributed by atoms with Gasteiger partial charge in [-0.15, -0.1) is 0 Å². The van der Waals surface area contributed by atoms with Crippen molar-refractivity contribution in [2.75, 3.05) is 0 Å². The first-order valence-corrected chi connectivity index (χ1v) is 8.81. The van der Waals surface area contributed by atoms with E-state index in [0.717, 1.165) is 0 Å². The van der Waals surface area contributed by atoms with Crippen molar-refractivity contribution >= 4 is 31.8 Å². The van der Waals surface area contributed by atoms with E-state index in [2.05, 4.69) is 20.1 Å². The normalized spacial score (nSPS) is 16.6. The highest BCUT2D eigenvalue weighted by Gasteiger charge is 2.49. The summed E-state index contributed by atoms with van der Waals surface area (Å²) in [4.78, 5) is 12.0. The molecule has 0 spiro atoms. The Balaban J connectivity index is 2.39. The van der Waals surface area contributed by atoms with Gasteiger partial charge in [-0.1, -0.05) is 34.1 Å². The van der Waals surface area contributed by atoms with Gasteiger partial charge in [0.2, 0.25) is 0 Å². The first-order valence-electron chi connectivity index (χ1n) is 6.61. The van der Waals surface area contributed by atoms with Crippen molar-refractivity contribution in [2.24, 2.45) is 0 Å². The third-order valence-corrected chi connectivity index (χ3v) is 5.06. The van der Waals surface area contributed by atoms with Crippen molar-refractivity contribution in [1.29, 1.82) is 0 Å². The zero-order valence-electron chi connectivity index (χ0n) is 11.7. The molecule has 1 aliphatic carbocycles. The molecule has 23 heavy (non-hydrogen) atoms. The van der Waals surface area contributed by atoms with Crippen molar-refractivity contribution in [3.05, 3.63) is 45.6 Å². The molecule has 0 saturated carbocycles. The average molecular weight is 413 g/mol. The Bertz CT molecular complexity index is 754. The molecule has 1 aromatic rings. The molecule has 2 rings (SSSR count). The van der Waals surface area contributed by atoms with Gasteiger partial charge in [-0.05, 0) is 18.1 Å². The third kappa shape index (κ3) is 4.14. The minimum absolute atomic E-state index is 0.00294. The van der Waals surface area contributed by atoms with Gasteiger partial charge in [-0.25, -0.2) is 0 Å². The summed E-state index contributed by atoms with van der Waals surface area (Å²) >= 11 is 3.28. The Morgan fingerprint density at radius 2 is 1.83 bits per heavy atom. The molecule has 1 aromatic carbocycles. The van der Waals surface area contributed by atoms with E-state index >= 15 is 0 Å². The van der Waals surface area contributed by atoms with Crippen molar-refractivity contribution in [3.8, 4) is 0 Å². The highest BCUT2D eigenvalue weighted by Crippen LogP contribution is 2.33. The lowest BCUT2D eigenvalue weighted by Crippen LogP contribution is -2.27. The third-order valence-electron chi connectivity index (χ3n) is 3.30. The largest absolute Gasteiger partial charge is 0.534 e. The van der Waals surface area contributed by atoms with Gasteiger partial charge in [0.05, 0.1) is 0 Å². The maximum atomic E-state index is 12.5. The Morgan fingerprint density at radius 3 is 2.43 bits per heavy atom. The molecule has 0 N–H and O–H groups in total. The summed E-state index contributed by atoms with van der Waals surface area (Å²) in [5.74, 6) is -0.825. The van der Waals surface area contributed by atoms with Gasteiger partial charge in [0.15, 0.2) is 5.78 Å². The minimum Gasteiger partial charge on any atom is -0.380 e. The SMILES string of the molecule is O=C1CCCC(OS(=O)(=O)C(F)(F)F)=C1Cc1ccccc1Br. The lowest BCUT2D eigenvalue weighted by Gasteiger charge is -2.20. The molecule has 0 unspecified atom stereocenters. The van der Waals surface area contributed by atoms with Gasteiger partial charge in [0.25, 0.3) is 0 Å². The number of rotatable bonds is 4. The Labute approximate surface area is 139 Å². The molecule has 0 atom stereocenters. The standard InChI is InChI=1S/C14H12BrF3O4S/c15-11-5-2-1-4-9(11)8-10-12(19)6-3-7-13(10)22-23(20,21)14(16,17)18/h1-2,4-5H,3,6-8H2. The van der Waals surface area contributed by atoms with Crippen LogP contribution in [0.4, 0.5) is 13.2 Å². The Hall–Kier alpha value is -1.35. The first kappa shape index (κ1) is 18.0. The summed E-state index contributed by atoms with van der Waals surface area (Å²) in [7, 11) is -5.78. The number of allylic oxidation sites excluding steroid dienone is 2. The van der Waals surface area contributed by atoms with Crippen LogP contribution in [0.3, 0.4) is 0 Å². The van der Waals surface area contributed by atoms with Crippen LogP contribution in [0.2, 0.25) is 0 Å². The molecule has 0 aromatic heterocycles. The Kier molecular flexibility index (Phi) is 5.20. The monoisotopic (exact) mass is 412 g/mol. The van der Waals surface area contributed by atoms with Crippen molar-refractivity contribution in [1.82, 2.24) is 0 Å². The van der Waals surface area contributed by atoms with Crippen LogP contribution in [-0.4, -0.2) is 19.7 Å². The zero-order chi connectivity index (χ0) is 17.3. The van der Waals surface area contributed by atoms with E-state index in [4.69, 9.17) is 0 Å². The van der Waals surface area contributed by atoms with Crippen LogP contribution in [0.15, 0.2) is 40.1 Å². The molecule has 0 saturated heterocycles. The summed E-state index contributed by atoms with van der Waals surface area (Å²) in [5.41, 5.74) is -4.90. The molecule has 9 heteroatoms. The fraction of sp³-hybridized carbons (Fsp3) is 0.357. The van der Waals surface area contributed by atoms with E-state index in [1.165, 1.54) is 0 Å². The number of Topliss-reactive ketones (excluding diaryl/α,β-unsaturated/α-hetero) is 1. The average Bonchev–Trinajstić information content (AvgIpc) is 2.43. The van der Waals surface area contributed by atoms with Crippen molar-refractivity contribution in [3.63, 3.8) is 0 Å². The fourth-order valence-corrected chi connectivity index (χ4v) is 3.14. The topological polar surface area (TPSA) is 60.4 Å². The molecule has 1 aliphatic rings. The molecular formula is C14H12BrF3O4S. The summed E-state index contributed by atoms with van der Waals surface area (Å²) in [6, 6.07) is 6.86. The molecule has 0 heterocycles. The number of carbonyl (C=O) groups excluding carboxylic acids is 1. The van der Waals surface area contributed by atoms with Crippen LogP contribution in [0.5, 0.6) is 0 Å². The number of alkyl halides is 3. The Morgan fingerprint density at radius 1 is 1.17 bits per heavy atom. The second-order valence-electron chi connectivity index (χ2n) is 4.93. The number of hydrogen-bond donors (Lipinski definition) is 0. The van der Waals surface area contributed by atoms with E-state index in [1.54, 1.807) is 24.3 Å². The van der Waals surface area contributed by atoms with Crippen LogP contribution in [0, 0.1) is 0 Å². The number of hydrogen-bond acceptors (Lipinski definition) is 4. The summed E-state index contributed by atoms with van der Waals surface area (Å²) in [5, 5.41) is 0. The second-order valence-corrected chi connectivity index (χ2v) is 7.32. The first-order chi connectivity index (χ1) is 10.6. The lowest BCUT2D eigenvalue weighted by molar-refractivity contribution is -0.116. The van der Waals surface area contributed by atoms with E-state index in [0.29, 0.717) is 10.0 Å². The lowest BCUT2D eigenvalue weighted by atomic mass is 9.91. The maximum Gasteiger partial charge on any atom is 0.534 e. The zero-order valence-corrected chi connectivity index (χ0v) is 14.1. The number of halogens is 4. The summed E-state index contributed by atoms with van der Waals surface area (Å²) in [6.45, 7) is 0. The van der Waals surface area contributed by atoms with Crippen molar-refractivity contribution in [2.45, 2.75) is 31.2 Å². The molecular weight excluding hydrogens is 401 g/mol. The smallest absolute Gasteiger partial charge is 0.380 e. The fourth-order valence-electron chi connectivity index (χ4n) is 2.17. The molecule has 0 amide bonds. The predicted molar refractivity (Wildman–Crippen MR) is 79.8 cm³/mol. The quantitative estimate of drug-likeness (QED) is 0.556. The molecule has 0 aliphatic heterocycles. The minimum atomic E-state index is -5.78. The van der Waals surface area contributed by atoms with Gasteiger partial charge < -0.3 is 4.18 Å². The molecule has 0 bridgehead atoms. The van der Waals surface area contributed by atoms with Gasteiger partial charge in [0, 0.05) is 29.3 Å². The highest BCUT2D eigenvalue weighted by atomic mass is 79.9. The van der Waals surface area contributed by atoms with Crippen LogP contribution >= 0.6 is 15.9 Å². The molecule has 0 fully saturated rings.